The summed E-state index contributed by atoms with van der Waals surface area (Å²) in [4.78, 5) is 52.1. The second-order valence-corrected chi connectivity index (χ2v) is 11.4. The van der Waals surface area contributed by atoms with E-state index in [1.807, 2.05) is 48.5 Å². The maximum absolute atomic E-state index is 13.4. The number of carbonyl (C=O) groups is 4. The first-order valence-electron chi connectivity index (χ1n) is 12.9. The summed E-state index contributed by atoms with van der Waals surface area (Å²) in [7, 11) is 0. The van der Waals surface area contributed by atoms with Gasteiger partial charge in [-0.1, -0.05) is 42.5 Å². The molecule has 1 aliphatic heterocycles. The van der Waals surface area contributed by atoms with Crippen LogP contribution in [0, 0.1) is 0 Å². The van der Waals surface area contributed by atoms with Crippen LogP contribution in [-0.2, 0) is 19.1 Å². The van der Waals surface area contributed by atoms with Crippen LogP contribution in [-0.4, -0.2) is 65.3 Å². The Bertz CT molecular complexity index is 1190. The van der Waals surface area contributed by atoms with Gasteiger partial charge in [-0.2, -0.15) is 0 Å². The summed E-state index contributed by atoms with van der Waals surface area (Å²) in [6.07, 6.45) is -1.18. The third-order valence-electron chi connectivity index (χ3n) is 5.63. The van der Waals surface area contributed by atoms with Crippen molar-refractivity contribution in [1.82, 2.24) is 15.5 Å². The molecule has 1 heterocycles. The maximum Gasteiger partial charge on any atom is 0.411 e. The number of alkyl carbamates (subject to hydrolysis) is 1. The Labute approximate surface area is 229 Å². The molecule has 1 saturated heterocycles. The van der Waals surface area contributed by atoms with E-state index < -0.39 is 47.3 Å². The van der Waals surface area contributed by atoms with Crippen molar-refractivity contribution in [1.29, 1.82) is 0 Å². The highest BCUT2D eigenvalue weighted by Gasteiger charge is 2.42. The number of amides is 4. The fourth-order valence-electron chi connectivity index (χ4n) is 4.09. The van der Waals surface area contributed by atoms with E-state index in [4.69, 9.17) is 9.47 Å². The number of nitrogens with one attached hydrogen (secondary N) is 3. The lowest BCUT2D eigenvalue weighted by Gasteiger charge is -2.28. The highest BCUT2D eigenvalue weighted by Crippen LogP contribution is 2.25. The van der Waals surface area contributed by atoms with E-state index in [0.29, 0.717) is 5.69 Å². The van der Waals surface area contributed by atoms with Crippen molar-refractivity contribution in [3.8, 4) is 11.1 Å². The molecular weight excluding hydrogens is 500 g/mol. The lowest BCUT2D eigenvalue weighted by atomic mass is 10.1. The summed E-state index contributed by atoms with van der Waals surface area (Å²) in [6, 6.07) is 15.8. The predicted octanol–water partition coefficient (Wildman–Crippen LogP) is 4.31. The Morgan fingerprint density at radius 1 is 0.872 bits per heavy atom. The quantitative estimate of drug-likeness (QED) is 0.503. The van der Waals surface area contributed by atoms with Gasteiger partial charge in [0.25, 0.3) is 0 Å². The monoisotopic (exact) mass is 538 g/mol. The molecule has 2 atom stereocenters. The molecule has 1 aliphatic rings. The fraction of sp³-hybridized carbons (Fsp3) is 0.448. The van der Waals surface area contributed by atoms with Gasteiger partial charge in [0.15, 0.2) is 0 Å². The van der Waals surface area contributed by atoms with Crippen molar-refractivity contribution >= 4 is 29.7 Å². The normalized spacial score (nSPS) is 17.2. The van der Waals surface area contributed by atoms with Crippen molar-refractivity contribution in [2.45, 2.75) is 71.2 Å². The molecule has 0 aliphatic carbocycles. The van der Waals surface area contributed by atoms with Crippen LogP contribution in [0.4, 0.5) is 15.3 Å². The van der Waals surface area contributed by atoms with Gasteiger partial charge >= 0.3 is 12.2 Å². The van der Waals surface area contributed by atoms with Crippen molar-refractivity contribution in [2.75, 3.05) is 18.4 Å². The molecule has 2 aromatic rings. The molecule has 39 heavy (non-hydrogen) atoms. The Kier molecular flexibility index (Phi) is 9.21. The lowest BCUT2D eigenvalue weighted by Crippen LogP contribution is -2.46. The van der Waals surface area contributed by atoms with Crippen LogP contribution in [0.5, 0.6) is 0 Å². The number of hydrogen-bond acceptors (Lipinski definition) is 6. The molecule has 10 heteroatoms. The molecule has 210 valence electrons. The van der Waals surface area contributed by atoms with E-state index in [9.17, 15) is 19.2 Å². The first-order valence-corrected chi connectivity index (χ1v) is 12.9. The van der Waals surface area contributed by atoms with E-state index in [2.05, 4.69) is 16.0 Å². The minimum atomic E-state index is -0.871. The topological polar surface area (TPSA) is 126 Å². The third-order valence-corrected chi connectivity index (χ3v) is 5.63. The van der Waals surface area contributed by atoms with E-state index in [1.165, 1.54) is 4.90 Å². The van der Waals surface area contributed by atoms with E-state index in [-0.39, 0.29) is 19.5 Å². The summed E-state index contributed by atoms with van der Waals surface area (Å²) >= 11 is 0. The molecule has 1 fully saturated rings. The summed E-state index contributed by atoms with van der Waals surface area (Å²) in [5.41, 5.74) is 1.07. The van der Waals surface area contributed by atoms with Crippen LogP contribution >= 0.6 is 0 Å². The minimum absolute atomic E-state index is 0.0786. The summed E-state index contributed by atoms with van der Waals surface area (Å²) in [5.74, 6) is -0.860. The van der Waals surface area contributed by atoms with Crippen LogP contribution in [0.3, 0.4) is 0 Å². The summed E-state index contributed by atoms with van der Waals surface area (Å²) in [5, 5.41) is 8.09. The molecular formula is C29H38N4O6. The fourth-order valence-corrected chi connectivity index (χ4v) is 4.09. The van der Waals surface area contributed by atoms with Gasteiger partial charge in [-0.25, -0.2) is 9.59 Å². The number of hydrogen-bond donors (Lipinski definition) is 3. The van der Waals surface area contributed by atoms with Gasteiger partial charge in [0.05, 0.1) is 0 Å². The molecule has 0 radical (unpaired) electrons. The van der Waals surface area contributed by atoms with Gasteiger partial charge in [-0.05, 0) is 71.2 Å². The molecule has 2 aromatic carbocycles. The number of carbonyl (C=O) groups excluding carboxylic acids is 4. The van der Waals surface area contributed by atoms with Crippen LogP contribution in [0.15, 0.2) is 54.6 Å². The number of ether oxygens (including phenoxy) is 2. The third kappa shape index (κ3) is 9.31. The average molecular weight is 539 g/mol. The maximum atomic E-state index is 13.4. The highest BCUT2D eigenvalue weighted by atomic mass is 16.6. The van der Waals surface area contributed by atoms with Crippen LogP contribution in [0.2, 0.25) is 0 Å². The first kappa shape index (κ1) is 29.5. The van der Waals surface area contributed by atoms with Crippen LogP contribution in [0.25, 0.3) is 11.1 Å². The molecule has 0 bridgehead atoms. The largest absolute Gasteiger partial charge is 0.444 e. The lowest BCUT2D eigenvalue weighted by molar-refractivity contribution is -0.121. The van der Waals surface area contributed by atoms with Gasteiger partial charge in [0, 0.05) is 18.3 Å². The minimum Gasteiger partial charge on any atom is -0.444 e. The highest BCUT2D eigenvalue weighted by molar-refractivity contribution is 5.97. The Morgan fingerprint density at radius 2 is 1.51 bits per heavy atom. The molecule has 3 N–H and O–H groups in total. The van der Waals surface area contributed by atoms with Crippen LogP contribution < -0.4 is 16.0 Å². The molecule has 4 amide bonds. The van der Waals surface area contributed by atoms with E-state index in [0.717, 1.165) is 11.1 Å². The molecule has 3 rings (SSSR count). The zero-order valence-electron chi connectivity index (χ0n) is 23.4. The van der Waals surface area contributed by atoms with Crippen molar-refractivity contribution < 1.29 is 28.7 Å². The second kappa shape index (κ2) is 12.2. The van der Waals surface area contributed by atoms with Crippen molar-refractivity contribution in [3.63, 3.8) is 0 Å². The number of rotatable bonds is 6. The van der Waals surface area contributed by atoms with Crippen molar-refractivity contribution in [2.24, 2.45) is 0 Å². The van der Waals surface area contributed by atoms with E-state index >= 15 is 0 Å². The van der Waals surface area contributed by atoms with Gasteiger partial charge < -0.3 is 25.4 Å². The molecule has 0 spiro atoms. The number of benzene rings is 2. The second-order valence-electron chi connectivity index (χ2n) is 11.4. The Hall–Kier alpha value is -4.08. The van der Waals surface area contributed by atoms with Gasteiger partial charge in [-0.3, -0.25) is 14.5 Å². The van der Waals surface area contributed by atoms with Crippen LogP contribution in [0.1, 0.15) is 48.0 Å². The van der Waals surface area contributed by atoms with Crippen molar-refractivity contribution in [3.05, 3.63) is 54.6 Å². The summed E-state index contributed by atoms with van der Waals surface area (Å²) in [6.45, 7) is 10.2. The van der Waals surface area contributed by atoms with Gasteiger partial charge in [0.2, 0.25) is 11.8 Å². The standard InChI is InChI=1S/C29H38N4O6/c1-28(2,3)38-26(36)30-17-24(34)31-22-16-23(33(18-22)27(37)39-29(4,5)6)25(35)32-21-14-10-13-20(15-21)19-11-8-7-9-12-19/h7-15,22-23H,16-18H2,1-6H3,(H,30,36)(H,31,34)(H,32,35)/t22-,23+/m0/s1. The number of anilines is 1. The van der Waals surface area contributed by atoms with Gasteiger partial charge in [0.1, 0.15) is 23.8 Å². The predicted molar refractivity (Wildman–Crippen MR) is 148 cm³/mol. The Balaban J connectivity index is 1.69. The number of nitrogens with zero attached hydrogens (tertiary/aromatic N) is 1. The average Bonchev–Trinajstić information content (AvgIpc) is 3.25. The zero-order valence-corrected chi connectivity index (χ0v) is 23.4. The molecule has 10 nitrogen and oxygen atoms in total. The Morgan fingerprint density at radius 3 is 2.15 bits per heavy atom. The number of likely N-dealkylation sites (tertiary alicyclic amines) is 1. The zero-order chi connectivity index (χ0) is 28.8. The summed E-state index contributed by atoms with van der Waals surface area (Å²) < 4.78 is 10.7. The molecule has 0 saturated carbocycles. The van der Waals surface area contributed by atoms with Gasteiger partial charge in [-0.15, -0.1) is 0 Å². The molecule has 0 aromatic heterocycles. The molecule has 0 unspecified atom stereocenters. The smallest absolute Gasteiger partial charge is 0.411 e. The first-order chi connectivity index (χ1) is 18.2. The van der Waals surface area contributed by atoms with E-state index in [1.54, 1.807) is 47.6 Å². The SMILES string of the molecule is CC(C)(C)OC(=O)NCC(=O)N[C@H]1C[C@H](C(=O)Nc2cccc(-c3ccccc3)c2)N(C(=O)OC(C)(C)C)C1.